The van der Waals surface area contributed by atoms with Gasteiger partial charge in [-0.15, -0.1) is 0 Å². The monoisotopic (exact) mass is 314 g/mol. The quantitative estimate of drug-likeness (QED) is 0.791. The van der Waals surface area contributed by atoms with Gasteiger partial charge in [0.05, 0.1) is 5.69 Å². The van der Waals surface area contributed by atoms with E-state index in [-0.39, 0.29) is 5.82 Å². The van der Waals surface area contributed by atoms with E-state index in [0.717, 1.165) is 24.3 Å². The SMILES string of the molecule is CC1CN(c2c(F)cccc2CBr)CC1N(C)C. The summed E-state index contributed by atoms with van der Waals surface area (Å²) >= 11 is 3.45. The van der Waals surface area contributed by atoms with Crippen LogP contribution in [0.2, 0.25) is 0 Å². The molecule has 4 heteroatoms. The predicted octanol–water partition coefficient (Wildman–Crippen LogP) is 3.11. The molecule has 0 amide bonds. The highest BCUT2D eigenvalue weighted by Gasteiger charge is 2.32. The van der Waals surface area contributed by atoms with E-state index in [2.05, 4.69) is 46.7 Å². The average Bonchev–Trinajstić information content (AvgIpc) is 2.70. The Morgan fingerprint density at radius 3 is 2.67 bits per heavy atom. The van der Waals surface area contributed by atoms with Crippen molar-refractivity contribution >= 4 is 21.6 Å². The maximum atomic E-state index is 14.1. The van der Waals surface area contributed by atoms with Crippen molar-refractivity contribution in [3.05, 3.63) is 29.6 Å². The van der Waals surface area contributed by atoms with E-state index < -0.39 is 0 Å². The minimum absolute atomic E-state index is 0.112. The highest BCUT2D eigenvalue weighted by Crippen LogP contribution is 2.32. The fourth-order valence-corrected chi connectivity index (χ4v) is 3.28. The summed E-state index contributed by atoms with van der Waals surface area (Å²) in [7, 11) is 4.19. The molecular formula is C14H20BrFN2. The molecule has 2 atom stereocenters. The zero-order chi connectivity index (χ0) is 13.3. The lowest BCUT2D eigenvalue weighted by molar-refractivity contribution is 0.266. The molecular weight excluding hydrogens is 295 g/mol. The lowest BCUT2D eigenvalue weighted by Gasteiger charge is -2.24. The minimum Gasteiger partial charge on any atom is -0.367 e. The molecule has 1 aromatic carbocycles. The first-order valence-electron chi connectivity index (χ1n) is 6.29. The molecule has 1 saturated heterocycles. The van der Waals surface area contributed by atoms with Crippen LogP contribution in [-0.4, -0.2) is 38.1 Å². The molecule has 1 aromatic rings. The van der Waals surface area contributed by atoms with Crippen molar-refractivity contribution in [3.63, 3.8) is 0 Å². The lowest BCUT2D eigenvalue weighted by Crippen LogP contribution is -2.34. The van der Waals surface area contributed by atoms with Crippen LogP contribution in [0.5, 0.6) is 0 Å². The second-order valence-electron chi connectivity index (χ2n) is 5.29. The van der Waals surface area contributed by atoms with Gasteiger partial charge in [-0.1, -0.05) is 35.0 Å². The van der Waals surface area contributed by atoms with Crippen molar-refractivity contribution in [2.75, 3.05) is 32.1 Å². The van der Waals surface area contributed by atoms with E-state index in [0.29, 0.717) is 17.3 Å². The van der Waals surface area contributed by atoms with E-state index in [1.807, 2.05) is 6.07 Å². The Bertz CT molecular complexity index is 422. The normalized spacial score (nSPS) is 24.0. The van der Waals surface area contributed by atoms with Gasteiger partial charge in [-0.25, -0.2) is 4.39 Å². The Kier molecular flexibility index (Phi) is 4.28. The van der Waals surface area contributed by atoms with Gasteiger partial charge in [0.25, 0.3) is 0 Å². The Morgan fingerprint density at radius 2 is 2.11 bits per heavy atom. The number of nitrogens with zero attached hydrogens (tertiary/aromatic N) is 2. The Balaban J connectivity index is 2.29. The third-order valence-electron chi connectivity index (χ3n) is 3.77. The van der Waals surface area contributed by atoms with Crippen molar-refractivity contribution in [1.29, 1.82) is 0 Å². The van der Waals surface area contributed by atoms with Crippen LogP contribution >= 0.6 is 15.9 Å². The molecule has 0 aromatic heterocycles. The number of benzene rings is 1. The fraction of sp³-hybridized carbons (Fsp3) is 0.571. The third-order valence-corrected chi connectivity index (χ3v) is 4.37. The molecule has 0 bridgehead atoms. The molecule has 2 rings (SSSR count). The van der Waals surface area contributed by atoms with Gasteiger partial charge < -0.3 is 9.80 Å². The summed E-state index contributed by atoms with van der Waals surface area (Å²) in [4.78, 5) is 4.42. The van der Waals surface area contributed by atoms with Crippen LogP contribution < -0.4 is 4.90 Å². The topological polar surface area (TPSA) is 6.48 Å². The maximum Gasteiger partial charge on any atom is 0.146 e. The highest BCUT2D eigenvalue weighted by atomic mass is 79.9. The zero-order valence-corrected chi connectivity index (χ0v) is 12.7. The molecule has 0 saturated carbocycles. The molecule has 1 aliphatic rings. The predicted molar refractivity (Wildman–Crippen MR) is 77.9 cm³/mol. The van der Waals surface area contributed by atoms with Crippen LogP contribution in [0.25, 0.3) is 0 Å². The summed E-state index contributed by atoms with van der Waals surface area (Å²) in [6.45, 7) is 4.05. The second kappa shape index (κ2) is 5.57. The van der Waals surface area contributed by atoms with Crippen LogP contribution in [0.3, 0.4) is 0 Å². The largest absolute Gasteiger partial charge is 0.367 e. The Morgan fingerprint density at radius 1 is 1.39 bits per heavy atom. The van der Waals surface area contributed by atoms with Crippen LogP contribution in [-0.2, 0) is 5.33 Å². The molecule has 18 heavy (non-hydrogen) atoms. The summed E-state index contributed by atoms with van der Waals surface area (Å²) in [5.41, 5.74) is 1.80. The first-order valence-corrected chi connectivity index (χ1v) is 7.41. The number of hydrogen-bond donors (Lipinski definition) is 0. The van der Waals surface area contributed by atoms with Gasteiger partial charge in [-0.2, -0.15) is 0 Å². The minimum atomic E-state index is -0.112. The van der Waals surface area contributed by atoms with Gasteiger partial charge in [0.2, 0.25) is 0 Å². The molecule has 1 heterocycles. The van der Waals surface area contributed by atoms with Gasteiger partial charge in [-0.3, -0.25) is 0 Å². The number of anilines is 1. The highest BCUT2D eigenvalue weighted by molar-refractivity contribution is 9.08. The number of alkyl halides is 1. The summed E-state index contributed by atoms with van der Waals surface area (Å²) in [6.07, 6.45) is 0. The fourth-order valence-electron chi connectivity index (χ4n) is 2.83. The first-order chi connectivity index (χ1) is 8.54. The first kappa shape index (κ1) is 13.8. The van der Waals surface area contributed by atoms with E-state index in [4.69, 9.17) is 0 Å². The van der Waals surface area contributed by atoms with Gasteiger partial charge in [0.1, 0.15) is 5.82 Å². The maximum absolute atomic E-state index is 14.1. The number of hydrogen-bond acceptors (Lipinski definition) is 2. The van der Waals surface area contributed by atoms with Crippen molar-refractivity contribution in [3.8, 4) is 0 Å². The smallest absolute Gasteiger partial charge is 0.146 e. The van der Waals surface area contributed by atoms with Crippen LogP contribution in [0, 0.1) is 11.7 Å². The molecule has 2 unspecified atom stereocenters. The van der Waals surface area contributed by atoms with Crippen molar-refractivity contribution in [2.45, 2.75) is 18.3 Å². The second-order valence-corrected chi connectivity index (χ2v) is 5.86. The van der Waals surface area contributed by atoms with Crippen LogP contribution in [0.4, 0.5) is 10.1 Å². The molecule has 1 aliphatic heterocycles. The Labute approximate surface area is 117 Å². The zero-order valence-electron chi connectivity index (χ0n) is 11.2. The van der Waals surface area contributed by atoms with Crippen LogP contribution in [0.1, 0.15) is 12.5 Å². The summed E-state index contributed by atoms with van der Waals surface area (Å²) in [5, 5.41) is 0.692. The van der Waals surface area contributed by atoms with Gasteiger partial charge in [0.15, 0.2) is 0 Å². The van der Waals surface area contributed by atoms with E-state index in [1.165, 1.54) is 0 Å². The number of rotatable bonds is 3. The third kappa shape index (κ3) is 2.54. The summed E-state index contributed by atoms with van der Waals surface area (Å²) < 4.78 is 14.1. The standard InChI is InChI=1S/C14H20BrFN2/c1-10-8-18(9-13(10)17(2)3)14-11(7-15)5-4-6-12(14)16/h4-6,10,13H,7-9H2,1-3H3. The Hall–Kier alpha value is -0.610. The average molecular weight is 315 g/mol. The molecule has 0 spiro atoms. The van der Waals surface area contributed by atoms with E-state index in [1.54, 1.807) is 12.1 Å². The summed E-state index contributed by atoms with van der Waals surface area (Å²) in [5.74, 6) is 0.446. The summed E-state index contributed by atoms with van der Waals surface area (Å²) in [6, 6.07) is 5.81. The number of likely N-dealkylation sites (N-methyl/N-ethyl adjacent to an activating group) is 1. The molecule has 2 nitrogen and oxygen atoms in total. The molecule has 0 radical (unpaired) electrons. The lowest BCUT2D eigenvalue weighted by atomic mass is 10.1. The molecule has 0 aliphatic carbocycles. The van der Waals surface area contributed by atoms with Gasteiger partial charge >= 0.3 is 0 Å². The van der Waals surface area contributed by atoms with Crippen LogP contribution in [0.15, 0.2) is 18.2 Å². The van der Waals surface area contributed by atoms with Gasteiger partial charge in [-0.05, 0) is 31.6 Å². The van der Waals surface area contributed by atoms with Crippen molar-refractivity contribution < 1.29 is 4.39 Å². The number of halogens is 2. The molecule has 1 fully saturated rings. The van der Waals surface area contributed by atoms with E-state index in [9.17, 15) is 4.39 Å². The van der Waals surface area contributed by atoms with Gasteiger partial charge in [0, 0.05) is 24.5 Å². The van der Waals surface area contributed by atoms with E-state index >= 15 is 0 Å². The molecule has 100 valence electrons. The number of para-hydroxylation sites is 1. The van der Waals surface area contributed by atoms with Crippen molar-refractivity contribution in [2.24, 2.45) is 5.92 Å². The van der Waals surface area contributed by atoms with Crippen molar-refractivity contribution in [1.82, 2.24) is 4.90 Å². The molecule has 0 N–H and O–H groups in total.